The fourth-order valence-electron chi connectivity index (χ4n) is 1.70. The van der Waals surface area contributed by atoms with Gasteiger partial charge in [0.15, 0.2) is 0 Å². The molecule has 6 nitrogen and oxygen atoms in total. The number of pyridine rings is 1. The molecule has 0 spiro atoms. The molecule has 0 radical (unpaired) electrons. The van der Waals surface area contributed by atoms with Crippen molar-refractivity contribution >= 4 is 23.0 Å². The second-order valence-electron chi connectivity index (χ2n) is 4.10. The molecule has 0 saturated carbocycles. The number of nitrogens with zero attached hydrogens (tertiary/aromatic N) is 2. The SMILES string of the molecule is COc1cc(CNc2cc(Cl)c(F)cc2[N+](=O)[O-])ccn1. The fraction of sp³-hybridized carbons (Fsp3) is 0.154. The Morgan fingerprint density at radius 1 is 1.48 bits per heavy atom. The smallest absolute Gasteiger partial charge is 0.295 e. The summed E-state index contributed by atoms with van der Waals surface area (Å²) in [5.41, 5.74) is 0.566. The van der Waals surface area contributed by atoms with Crippen LogP contribution in [-0.2, 0) is 6.54 Å². The lowest BCUT2D eigenvalue weighted by Gasteiger charge is -2.09. The highest BCUT2D eigenvalue weighted by Gasteiger charge is 2.17. The van der Waals surface area contributed by atoms with E-state index >= 15 is 0 Å². The van der Waals surface area contributed by atoms with Gasteiger partial charge in [0.05, 0.1) is 23.1 Å². The maximum Gasteiger partial charge on any atom is 0.295 e. The van der Waals surface area contributed by atoms with E-state index in [1.807, 2.05) is 0 Å². The quantitative estimate of drug-likeness (QED) is 0.676. The molecule has 0 bridgehead atoms. The summed E-state index contributed by atoms with van der Waals surface area (Å²) < 4.78 is 18.3. The number of aromatic nitrogens is 1. The van der Waals surface area contributed by atoms with Gasteiger partial charge in [0.25, 0.3) is 5.69 Å². The number of benzene rings is 1. The molecule has 1 N–H and O–H groups in total. The first-order valence-electron chi connectivity index (χ1n) is 5.87. The number of rotatable bonds is 5. The maximum atomic E-state index is 13.3. The molecular weight excluding hydrogens is 301 g/mol. The van der Waals surface area contributed by atoms with Gasteiger partial charge >= 0.3 is 0 Å². The lowest BCUT2D eigenvalue weighted by molar-refractivity contribution is -0.384. The third kappa shape index (κ3) is 3.57. The number of hydrogen-bond acceptors (Lipinski definition) is 5. The summed E-state index contributed by atoms with van der Waals surface area (Å²) in [6, 6.07) is 5.39. The number of nitro groups is 1. The third-order valence-electron chi connectivity index (χ3n) is 2.73. The van der Waals surface area contributed by atoms with Crippen LogP contribution in [0.4, 0.5) is 15.8 Å². The maximum absolute atomic E-state index is 13.3. The highest BCUT2D eigenvalue weighted by molar-refractivity contribution is 6.31. The van der Waals surface area contributed by atoms with E-state index < -0.39 is 10.7 Å². The molecule has 1 aromatic carbocycles. The number of halogens is 2. The van der Waals surface area contributed by atoms with Crippen LogP contribution in [0.2, 0.25) is 5.02 Å². The molecule has 2 rings (SSSR count). The van der Waals surface area contributed by atoms with E-state index in [1.54, 1.807) is 18.3 Å². The van der Waals surface area contributed by atoms with Gasteiger partial charge in [-0.25, -0.2) is 9.37 Å². The van der Waals surface area contributed by atoms with Crippen molar-refractivity contribution in [3.05, 3.63) is 57.0 Å². The van der Waals surface area contributed by atoms with Gasteiger partial charge in [0.2, 0.25) is 5.88 Å². The van der Waals surface area contributed by atoms with Crippen LogP contribution in [0.3, 0.4) is 0 Å². The minimum atomic E-state index is -0.834. The largest absolute Gasteiger partial charge is 0.481 e. The third-order valence-corrected chi connectivity index (χ3v) is 3.02. The molecule has 8 heteroatoms. The Kier molecular flexibility index (Phi) is 4.54. The number of methoxy groups -OCH3 is 1. The van der Waals surface area contributed by atoms with E-state index in [0.29, 0.717) is 5.88 Å². The molecule has 21 heavy (non-hydrogen) atoms. The topological polar surface area (TPSA) is 77.3 Å². The first-order valence-corrected chi connectivity index (χ1v) is 6.25. The Bertz CT molecular complexity index is 682. The minimum absolute atomic E-state index is 0.141. The average Bonchev–Trinajstić information content (AvgIpc) is 2.48. The summed E-state index contributed by atoms with van der Waals surface area (Å²) in [7, 11) is 1.49. The summed E-state index contributed by atoms with van der Waals surface area (Å²) in [5, 5.41) is 13.6. The van der Waals surface area contributed by atoms with E-state index in [-0.39, 0.29) is 22.9 Å². The average molecular weight is 312 g/mol. The second-order valence-corrected chi connectivity index (χ2v) is 4.51. The molecular formula is C13H11ClFN3O3. The first kappa shape index (κ1) is 15.0. The van der Waals surface area contributed by atoms with E-state index in [4.69, 9.17) is 16.3 Å². The number of nitrogens with one attached hydrogen (secondary N) is 1. The van der Waals surface area contributed by atoms with Gasteiger partial charge in [0.1, 0.15) is 11.5 Å². The van der Waals surface area contributed by atoms with E-state index in [1.165, 1.54) is 13.2 Å². The van der Waals surface area contributed by atoms with Crippen LogP contribution in [0.1, 0.15) is 5.56 Å². The zero-order valence-corrected chi connectivity index (χ0v) is 11.7. The highest BCUT2D eigenvalue weighted by Crippen LogP contribution is 2.30. The van der Waals surface area contributed by atoms with Crippen LogP contribution in [0, 0.1) is 15.9 Å². The molecule has 2 aromatic rings. The Hall–Kier alpha value is -2.41. The minimum Gasteiger partial charge on any atom is -0.481 e. The molecule has 0 unspecified atom stereocenters. The molecule has 1 heterocycles. The van der Waals surface area contributed by atoms with Crippen molar-refractivity contribution in [3.8, 4) is 5.88 Å². The summed E-state index contributed by atoms with van der Waals surface area (Å²) >= 11 is 5.65. The summed E-state index contributed by atoms with van der Waals surface area (Å²) in [4.78, 5) is 14.2. The van der Waals surface area contributed by atoms with Crippen LogP contribution in [0.25, 0.3) is 0 Å². The zero-order valence-electron chi connectivity index (χ0n) is 11.0. The van der Waals surface area contributed by atoms with Gasteiger partial charge in [-0.05, 0) is 17.7 Å². The van der Waals surface area contributed by atoms with Gasteiger partial charge in [0, 0.05) is 18.8 Å². The van der Waals surface area contributed by atoms with Crippen LogP contribution in [0.15, 0.2) is 30.5 Å². The number of anilines is 1. The van der Waals surface area contributed by atoms with Crippen molar-refractivity contribution in [1.29, 1.82) is 0 Å². The van der Waals surface area contributed by atoms with Crippen LogP contribution in [0.5, 0.6) is 5.88 Å². The Morgan fingerprint density at radius 3 is 2.90 bits per heavy atom. The molecule has 0 atom stereocenters. The van der Waals surface area contributed by atoms with Crippen LogP contribution < -0.4 is 10.1 Å². The van der Waals surface area contributed by atoms with Crippen molar-refractivity contribution in [1.82, 2.24) is 4.98 Å². The van der Waals surface area contributed by atoms with E-state index in [9.17, 15) is 14.5 Å². The van der Waals surface area contributed by atoms with Crippen LogP contribution >= 0.6 is 11.6 Å². The second kappa shape index (κ2) is 6.36. The lowest BCUT2D eigenvalue weighted by Crippen LogP contribution is -2.04. The number of ether oxygens (including phenoxy) is 1. The predicted molar refractivity (Wildman–Crippen MR) is 76.2 cm³/mol. The predicted octanol–water partition coefficient (Wildman–Crippen LogP) is 3.40. The zero-order chi connectivity index (χ0) is 15.4. The molecule has 0 saturated heterocycles. The summed E-state index contributed by atoms with van der Waals surface area (Å²) in [6.45, 7) is 0.279. The first-order chi connectivity index (χ1) is 10.0. The van der Waals surface area contributed by atoms with Crippen molar-refractivity contribution in [2.75, 3.05) is 12.4 Å². The van der Waals surface area contributed by atoms with Gasteiger partial charge < -0.3 is 10.1 Å². The fourth-order valence-corrected chi connectivity index (χ4v) is 1.86. The monoisotopic (exact) mass is 311 g/mol. The lowest BCUT2D eigenvalue weighted by atomic mass is 10.2. The van der Waals surface area contributed by atoms with Gasteiger partial charge in [-0.3, -0.25) is 10.1 Å². The summed E-state index contributed by atoms with van der Waals surface area (Å²) in [6.07, 6.45) is 1.56. The summed E-state index contributed by atoms with van der Waals surface area (Å²) in [5.74, 6) is -0.402. The van der Waals surface area contributed by atoms with Gasteiger partial charge in [-0.15, -0.1) is 0 Å². The van der Waals surface area contributed by atoms with E-state index in [2.05, 4.69) is 10.3 Å². The molecule has 1 aromatic heterocycles. The van der Waals surface area contributed by atoms with Crippen molar-refractivity contribution in [2.45, 2.75) is 6.54 Å². The Balaban J connectivity index is 2.22. The highest BCUT2D eigenvalue weighted by atomic mass is 35.5. The number of nitro benzene ring substituents is 1. The van der Waals surface area contributed by atoms with Crippen molar-refractivity contribution < 1.29 is 14.1 Å². The van der Waals surface area contributed by atoms with Crippen molar-refractivity contribution in [3.63, 3.8) is 0 Å². The molecule has 0 aliphatic carbocycles. The van der Waals surface area contributed by atoms with Gasteiger partial charge in [-0.2, -0.15) is 0 Å². The molecule has 0 fully saturated rings. The molecule has 110 valence electrons. The van der Waals surface area contributed by atoms with Gasteiger partial charge in [-0.1, -0.05) is 11.6 Å². The Morgan fingerprint density at radius 2 is 2.24 bits per heavy atom. The molecule has 0 aliphatic heterocycles. The van der Waals surface area contributed by atoms with E-state index in [0.717, 1.165) is 11.6 Å². The molecule has 0 amide bonds. The standard InChI is InChI=1S/C13H11ClFN3O3/c1-21-13-4-8(2-3-16-13)7-17-11-5-9(14)10(15)6-12(11)18(19)20/h2-6,17H,7H2,1H3. The number of hydrogen-bond donors (Lipinski definition) is 1. The Labute approximate surface area is 124 Å². The normalized spacial score (nSPS) is 10.2. The molecule has 0 aliphatic rings. The van der Waals surface area contributed by atoms with Crippen LogP contribution in [-0.4, -0.2) is 17.0 Å². The van der Waals surface area contributed by atoms with Crippen molar-refractivity contribution in [2.24, 2.45) is 0 Å².